The molecule has 1 saturated heterocycles. The van der Waals surface area contributed by atoms with Gasteiger partial charge in [0, 0.05) is 31.4 Å². The molecular formula is C19H25N5O. The maximum absolute atomic E-state index is 12.8. The van der Waals surface area contributed by atoms with Gasteiger partial charge < -0.3 is 5.32 Å². The first-order valence-electron chi connectivity index (χ1n) is 9.18. The lowest BCUT2D eigenvalue weighted by Crippen LogP contribution is -2.46. The van der Waals surface area contributed by atoms with Crippen LogP contribution in [0.3, 0.4) is 0 Å². The Morgan fingerprint density at radius 2 is 2.12 bits per heavy atom. The van der Waals surface area contributed by atoms with Gasteiger partial charge in [-0.2, -0.15) is 5.10 Å². The molecule has 2 aliphatic rings. The molecule has 1 amide bonds. The molecule has 1 atom stereocenters. The van der Waals surface area contributed by atoms with E-state index in [-0.39, 0.29) is 11.9 Å². The van der Waals surface area contributed by atoms with Gasteiger partial charge in [-0.25, -0.2) is 0 Å². The molecule has 132 valence electrons. The van der Waals surface area contributed by atoms with Gasteiger partial charge in [-0.3, -0.25) is 19.4 Å². The van der Waals surface area contributed by atoms with Crippen LogP contribution in [-0.2, 0) is 18.4 Å². The van der Waals surface area contributed by atoms with Crippen molar-refractivity contribution in [2.24, 2.45) is 7.05 Å². The van der Waals surface area contributed by atoms with Crippen molar-refractivity contribution >= 4 is 11.6 Å². The van der Waals surface area contributed by atoms with Gasteiger partial charge in [0.15, 0.2) is 0 Å². The van der Waals surface area contributed by atoms with E-state index >= 15 is 0 Å². The van der Waals surface area contributed by atoms with Crippen molar-refractivity contribution in [2.45, 2.75) is 50.6 Å². The summed E-state index contributed by atoms with van der Waals surface area (Å²) in [5.41, 5.74) is 2.95. The monoisotopic (exact) mass is 339 g/mol. The highest BCUT2D eigenvalue weighted by Crippen LogP contribution is 2.38. The molecule has 2 fully saturated rings. The lowest BCUT2D eigenvalue weighted by atomic mass is 10.0. The summed E-state index contributed by atoms with van der Waals surface area (Å²) in [6.45, 7) is 1.66. The largest absolute Gasteiger partial charge is 0.323 e. The second kappa shape index (κ2) is 6.96. The van der Waals surface area contributed by atoms with Crippen LogP contribution < -0.4 is 5.32 Å². The number of carbonyl (C=O) groups is 1. The number of anilines is 1. The maximum Gasteiger partial charge on any atom is 0.241 e. The van der Waals surface area contributed by atoms with E-state index in [1.165, 1.54) is 12.8 Å². The number of piperidine rings is 1. The highest BCUT2D eigenvalue weighted by molar-refractivity contribution is 5.94. The van der Waals surface area contributed by atoms with Gasteiger partial charge in [0.1, 0.15) is 0 Å². The fourth-order valence-electron chi connectivity index (χ4n) is 3.56. The summed E-state index contributed by atoms with van der Waals surface area (Å²) < 4.78 is 1.81. The Labute approximate surface area is 148 Å². The number of amides is 1. The molecule has 1 aliphatic carbocycles. The first-order chi connectivity index (χ1) is 12.2. The first-order valence-corrected chi connectivity index (χ1v) is 9.18. The van der Waals surface area contributed by atoms with Crippen molar-refractivity contribution in [2.75, 3.05) is 11.9 Å². The van der Waals surface area contributed by atoms with E-state index < -0.39 is 0 Å². The lowest BCUT2D eigenvalue weighted by molar-refractivity contribution is -0.122. The zero-order chi connectivity index (χ0) is 17.2. The summed E-state index contributed by atoms with van der Waals surface area (Å²) in [6.07, 6.45) is 9.33. The molecule has 4 rings (SSSR count). The Balaban J connectivity index is 1.41. The molecule has 6 heteroatoms. The van der Waals surface area contributed by atoms with Gasteiger partial charge in [-0.05, 0) is 50.4 Å². The summed E-state index contributed by atoms with van der Waals surface area (Å²) in [5, 5.41) is 7.50. The quantitative estimate of drug-likeness (QED) is 0.910. The molecule has 0 unspecified atom stereocenters. The van der Waals surface area contributed by atoms with E-state index in [0.717, 1.165) is 49.4 Å². The summed E-state index contributed by atoms with van der Waals surface area (Å²) in [7, 11) is 1.92. The zero-order valence-corrected chi connectivity index (χ0v) is 14.7. The fourth-order valence-corrected chi connectivity index (χ4v) is 3.56. The number of likely N-dealkylation sites (tertiary alicyclic amines) is 1. The van der Waals surface area contributed by atoms with E-state index in [1.807, 2.05) is 31.4 Å². The minimum absolute atomic E-state index is 0.0663. The molecule has 1 aliphatic heterocycles. The molecular weight excluding hydrogens is 314 g/mol. The number of hydrogen-bond donors (Lipinski definition) is 1. The topological polar surface area (TPSA) is 63.1 Å². The number of rotatable bonds is 5. The molecule has 0 aromatic carbocycles. The average Bonchev–Trinajstić information content (AvgIpc) is 3.39. The van der Waals surface area contributed by atoms with Crippen molar-refractivity contribution in [1.82, 2.24) is 19.7 Å². The summed E-state index contributed by atoms with van der Waals surface area (Å²) in [6, 6.07) is 5.94. The van der Waals surface area contributed by atoms with Gasteiger partial charge in [0.25, 0.3) is 0 Å². The van der Waals surface area contributed by atoms with Crippen molar-refractivity contribution in [3.63, 3.8) is 0 Å². The van der Waals surface area contributed by atoms with Crippen LogP contribution in [0, 0.1) is 0 Å². The molecule has 2 aromatic heterocycles. The number of carbonyl (C=O) groups excluding carboxylic acids is 1. The van der Waals surface area contributed by atoms with E-state index in [0.29, 0.717) is 5.92 Å². The predicted octanol–water partition coefficient (Wildman–Crippen LogP) is 2.69. The van der Waals surface area contributed by atoms with Gasteiger partial charge in [-0.15, -0.1) is 0 Å². The van der Waals surface area contributed by atoms with Gasteiger partial charge >= 0.3 is 0 Å². The Kier molecular flexibility index (Phi) is 4.53. The summed E-state index contributed by atoms with van der Waals surface area (Å²) >= 11 is 0. The zero-order valence-electron chi connectivity index (χ0n) is 14.7. The standard InChI is InChI=1S/C19H25N5O/c1-23-11-9-16(22-23)13-24-10-3-2-4-18(24)19(25)21-15-7-8-17(20-12-15)14-5-6-14/h7-9,11-12,14,18H,2-6,10,13H2,1H3,(H,21,25)/t18-/m1/s1. The summed E-state index contributed by atoms with van der Waals surface area (Å²) in [5.74, 6) is 0.702. The second-order valence-electron chi connectivity index (χ2n) is 7.20. The van der Waals surface area contributed by atoms with Crippen LogP contribution in [0.1, 0.15) is 49.4 Å². The minimum atomic E-state index is -0.0983. The Morgan fingerprint density at radius 3 is 2.80 bits per heavy atom. The number of aromatic nitrogens is 3. The van der Waals surface area contributed by atoms with E-state index in [4.69, 9.17) is 0 Å². The Hall–Kier alpha value is -2.21. The normalized spacial score (nSPS) is 21.2. The van der Waals surface area contributed by atoms with E-state index in [2.05, 4.69) is 20.3 Å². The number of nitrogens with zero attached hydrogens (tertiary/aromatic N) is 4. The first kappa shape index (κ1) is 16.3. The third-order valence-corrected chi connectivity index (χ3v) is 5.10. The fraction of sp³-hybridized carbons (Fsp3) is 0.526. The van der Waals surface area contributed by atoms with Crippen LogP contribution in [0.25, 0.3) is 0 Å². The van der Waals surface area contributed by atoms with Gasteiger partial charge in [0.2, 0.25) is 5.91 Å². The molecule has 6 nitrogen and oxygen atoms in total. The Bertz CT molecular complexity index is 735. The van der Waals surface area contributed by atoms with Gasteiger partial charge in [-0.1, -0.05) is 6.42 Å². The van der Waals surface area contributed by atoms with Gasteiger partial charge in [0.05, 0.1) is 23.6 Å². The number of nitrogens with one attached hydrogen (secondary N) is 1. The number of pyridine rings is 1. The second-order valence-corrected chi connectivity index (χ2v) is 7.20. The van der Waals surface area contributed by atoms with E-state index in [9.17, 15) is 4.79 Å². The molecule has 25 heavy (non-hydrogen) atoms. The molecule has 0 radical (unpaired) electrons. The van der Waals surface area contributed by atoms with Crippen LogP contribution in [-0.4, -0.2) is 38.2 Å². The van der Waals surface area contributed by atoms with Crippen molar-refractivity contribution in [1.29, 1.82) is 0 Å². The highest BCUT2D eigenvalue weighted by atomic mass is 16.2. The van der Waals surface area contributed by atoms with Crippen molar-refractivity contribution in [3.8, 4) is 0 Å². The maximum atomic E-state index is 12.8. The molecule has 0 spiro atoms. The number of aryl methyl sites for hydroxylation is 1. The third-order valence-electron chi connectivity index (χ3n) is 5.10. The molecule has 1 saturated carbocycles. The average molecular weight is 339 g/mol. The summed E-state index contributed by atoms with van der Waals surface area (Å²) in [4.78, 5) is 19.5. The third kappa shape index (κ3) is 3.90. The highest BCUT2D eigenvalue weighted by Gasteiger charge is 2.29. The van der Waals surface area contributed by atoms with Crippen LogP contribution in [0.5, 0.6) is 0 Å². The lowest BCUT2D eigenvalue weighted by Gasteiger charge is -2.34. The predicted molar refractivity (Wildman–Crippen MR) is 96.1 cm³/mol. The van der Waals surface area contributed by atoms with Crippen LogP contribution in [0.15, 0.2) is 30.6 Å². The van der Waals surface area contributed by atoms with Crippen molar-refractivity contribution < 1.29 is 4.79 Å². The number of hydrogen-bond acceptors (Lipinski definition) is 4. The molecule has 0 bridgehead atoms. The molecule has 2 aromatic rings. The minimum Gasteiger partial charge on any atom is -0.323 e. The Morgan fingerprint density at radius 1 is 1.24 bits per heavy atom. The SMILES string of the molecule is Cn1ccc(CN2CCCC[C@@H]2C(=O)Nc2ccc(C3CC3)nc2)n1. The van der Waals surface area contributed by atoms with Crippen molar-refractivity contribution in [3.05, 3.63) is 42.0 Å². The van der Waals surface area contributed by atoms with E-state index in [1.54, 1.807) is 10.9 Å². The van der Waals surface area contributed by atoms with Crippen LogP contribution in [0.4, 0.5) is 5.69 Å². The van der Waals surface area contributed by atoms with Crippen LogP contribution in [0.2, 0.25) is 0 Å². The molecule has 1 N–H and O–H groups in total. The smallest absolute Gasteiger partial charge is 0.241 e. The molecule has 3 heterocycles. The van der Waals surface area contributed by atoms with Crippen LogP contribution >= 0.6 is 0 Å².